The Hall–Kier alpha value is -2.25. The van der Waals surface area contributed by atoms with E-state index in [1.807, 2.05) is 26.0 Å². The SMILES string of the molecule is Cc1ccc(OCC(=O)NNC(=O)COc2ccc(Cl)c(C)c2)c(Br)c1. The van der Waals surface area contributed by atoms with Crippen LogP contribution < -0.4 is 20.3 Å². The number of hydrazine groups is 1. The highest BCUT2D eigenvalue weighted by Gasteiger charge is 2.08. The molecule has 2 rings (SSSR count). The average molecular weight is 442 g/mol. The number of halogens is 2. The second kappa shape index (κ2) is 9.45. The summed E-state index contributed by atoms with van der Waals surface area (Å²) >= 11 is 9.28. The van der Waals surface area contributed by atoms with E-state index in [1.54, 1.807) is 24.3 Å². The van der Waals surface area contributed by atoms with E-state index in [0.717, 1.165) is 15.6 Å². The van der Waals surface area contributed by atoms with E-state index in [-0.39, 0.29) is 13.2 Å². The van der Waals surface area contributed by atoms with Crippen LogP contribution in [0.2, 0.25) is 5.02 Å². The van der Waals surface area contributed by atoms with Crippen LogP contribution in [0.5, 0.6) is 11.5 Å². The predicted molar refractivity (Wildman–Crippen MR) is 102 cm³/mol. The first-order chi connectivity index (χ1) is 12.3. The molecular weight excluding hydrogens is 424 g/mol. The molecule has 0 heterocycles. The maximum atomic E-state index is 11.7. The van der Waals surface area contributed by atoms with Crippen molar-refractivity contribution in [1.29, 1.82) is 0 Å². The van der Waals surface area contributed by atoms with Crippen molar-refractivity contribution in [2.24, 2.45) is 0 Å². The van der Waals surface area contributed by atoms with Crippen LogP contribution in [-0.4, -0.2) is 25.0 Å². The number of aryl methyl sites for hydroxylation is 2. The Bertz CT molecular complexity index is 814. The van der Waals surface area contributed by atoms with Crippen molar-refractivity contribution in [3.05, 3.63) is 57.0 Å². The fourth-order valence-electron chi connectivity index (χ4n) is 1.93. The Labute approximate surface area is 164 Å². The lowest BCUT2D eigenvalue weighted by atomic mass is 10.2. The van der Waals surface area contributed by atoms with Crippen LogP contribution in [0.1, 0.15) is 11.1 Å². The molecule has 0 saturated heterocycles. The Morgan fingerprint density at radius 1 is 1.00 bits per heavy atom. The molecule has 26 heavy (non-hydrogen) atoms. The molecule has 0 aliphatic heterocycles. The number of carbonyl (C=O) groups excluding carboxylic acids is 2. The average Bonchev–Trinajstić information content (AvgIpc) is 2.60. The molecule has 2 aromatic carbocycles. The minimum Gasteiger partial charge on any atom is -0.484 e. The maximum Gasteiger partial charge on any atom is 0.276 e. The molecule has 0 unspecified atom stereocenters. The summed E-state index contributed by atoms with van der Waals surface area (Å²) in [4.78, 5) is 23.4. The molecule has 0 aliphatic carbocycles. The second-order valence-electron chi connectivity index (χ2n) is 5.52. The van der Waals surface area contributed by atoms with Gasteiger partial charge in [-0.05, 0) is 71.2 Å². The third kappa shape index (κ3) is 6.24. The molecule has 8 heteroatoms. The molecule has 2 amide bonds. The molecule has 0 radical (unpaired) electrons. The molecule has 2 aromatic rings. The summed E-state index contributed by atoms with van der Waals surface area (Å²) in [5.41, 5.74) is 6.43. The molecule has 0 aromatic heterocycles. The zero-order valence-corrected chi connectivity index (χ0v) is 16.6. The van der Waals surface area contributed by atoms with Gasteiger partial charge in [0.2, 0.25) is 0 Å². The normalized spacial score (nSPS) is 10.2. The van der Waals surface area contributed by atoms with Gasteiger partial charge in [0, 0.05) is 5.02 Å². The molecule has 0 atom stereocenters. The molecule has 0 aliphatic rings. The summed E-state index contributed by atoms with van der Waals surface area (Å²) in [7, 11) is 0. The third-order valence-corrected chi connectivity index (χ3v) is 4.33. The number of benzene rings is 2. The number of ether oxygens (including phenoxy) is 2. The van der Waals surface area contributed by atoms with E-state index in [4.69, 9.17) is 21.1 Å². The van der Waals surface area contributed by atoms with Crippen molar-refractivity contribution >= 4 is 39.3 Å². The molecule has 0 spiro atoms. The number of rotatable bonds is 6. The lowest BCUT2D eigenvalue weighted by molar-refractivity contribution is -0.131. The molecule has 2 N–H and O–H groups in total. The molecule has 0 fully saturated rings. The number of carbonyl (C=O) groups is 2. The molecule has 138 valence electrons. The Balaban J connectivity index is 1.71. The van der Waals surface area contributed by atoms with Gasteiger partial charge in [-0.2, -0.15) is 0 Å². The summed E-state index contributed by atoms with van der Waals surface area (Å²) in [5, 5.41) is 0.620. The van der Waals surface area contributed by atoms with Crippen molar-refractivity contribution in [2.45, 2.75) is 13.8 Å². The Morgan fingerprint density at radius 3 is 2.27 bits per heavy atom. The van der Waals surface area contributed by atoms with E-state index in [2.05, 4.69) is 26.8 Å². The van der Waals surface area contributed by atoms with E-state index in [0.29, 0.717) is 16.5 Å². The molecule has 6 nitrogen and oxygen atoms in total. The lowest BCUT2D eigenvalue weighted by Gasteiger charge is -2.11. The number of amides is 2. The van der Waals surface area contributed by atoms with Gasteiger partial charge in [0.15, 0.2) is 13.2 Å². The van der Waals surface area contributed by atoms with Crippen LogP contribution >= 0.6 is 27.5 Å². The standard InChI is InChI=1S/C18H18BrClN2O4/c1-11-3-6-16(14(19)7-11)26-10-18(24)22-21-17(23)9-25-13-4-5-15(20)12(2)8-13/h3-8H,9-10H2,1-2H3,(H,21,23)(H,22,24). The topological polar surface area (TPSA) is 76.7 Å². The second-order valence-corrected chi connectivity index (χ2v) is 6.78. The third-order valence-electron chi connectivity index (χ3n) is 3.29. The highest BCUT2D eigenvalue weighted by Crippen LogP contribution is 2.25. The quantitative estimate of drug-likeness (QED) is 0.674. The van der Waals surface area contributed by atoms with E-state index < -0.39 is 11.8 Å². The zero-order valence-electron chi connectivity index (χ0n) is 14.3. The summed E-state index contributed by atoms with van der Waals surface area (Å²) < 4.78 is 11.5. The summed E-state index contributed by atoms with van der Waals surface area (Å²) in [6, 6.07) is 10.6. The Morgan fingerprint density at radius 2 is 1.65 bits per heavy atom. The smallest absolute Gasteiger partial charge is 0.276 e. The number of nitrogens with one attached hydrogen (secondary N) is 2. The van der Waals surface area contributed by atoms with Gasteiger partial charge in [-0.3, -0.25) is 20.4 Å². The van der Waals surface area contributed by atoms with E-state index >= 15 is 0 Å². The van der Waals surface area contributed by atoms with Crippen LogP contribution in [0, 0.1) is 13.8 Å². The first-order valence-electron chi connectivity index (χ1n) is 7.70. The minimum absolute atomic E-state index is 0.237. The minimum atomic E-state index is -0.498. The van der Waals surface area contributed by atoms with Gasteiger partial charge in [0.05, 0.1) is 4.47 Å². The molecule has 0 bridgehead atoms. The van der Waals surface area contributed by atoms with E-state index in [1.165, 1.54) is 0 Å². The van der Waals surface area contributed by atoms with Crippen LogP contribution in [0.4, 0.5) is 0 Å². The van der Waals surface area contributed by atoms with Crippen molar-refractivity contribution in [3.8, 4) is 11.5 Å². The van der Waals surface area contributed by atoms with Gasteiger partial charge >= 0.3 is 0 Å². The van der Waals surface area contributed by atoms with Gasteiger partial charge < -0.3 is 9.47 Å². The lowest BCUT2D eigenvalue weighted by Crippen LogP contribution is -2.45. The fraction of sp³-hybridized carbons (Fsp3) is 0.222. The summed E-state index contributed by atoms with van der Waals surface area (Å²) in [6.07, 6.45) is 0. The van der Waals surface area contributed by atoms with Gasteiger partial charge in [0.1, 0.15) is 11.5 Å². The van der Waals surface area contributed by atoms with E-state index in [9.17, 15) is 9.59 Å². The molecular formula is C18H18BrClN2O4. The summed E-state index contributed by atoms with van der Waals surface area (Å²) in [6.45, 7) is 3.30. The Kier molecular flexibility index (Phi) is 7.29. The van der Waals surface area contributed by atoms with Crippen LogP contribution in [0.15, 0.2) is 40.9 Å². The molecule has 0 saturated carbocycles. The first kappa shape index (κ1) is 20.1. The number of hydrogen-bond donors (Lipinski definition) is 2. The monoisotopic (exact) mass is 440 g/mol. The first-order valence-corrected chi connectivity index (χ1v) is 8.88. The van der Waals surface area contributed by atoms with Crippen molar-refractivity contribution in [3.63, 3.8) is 0 Å². The van der Waals surface area contributed by atoms with Gasteiger partial charge in [-0.15, -0.1) is 0 Å². The van der Waals surface area contributed by atoms with Crippen LogP contribution in [-0.2, 0) is 9.59 Å². The largest absolute Gasteiger partial charge is 0.484 e. The predicted octanol–water partition coefficient (Wildman–Crippen LogP) is 3.32. The van der Waals surface area contributed by atoms with Crippen molar-refractivity contribution < 1.29 is 19.1 Å². The van der Waals surface area contributed by atoms with Crippen molar-refractivity contribution in [2.75, 3.05) is 13.2 Å². The van der Waals surface area contributed by atoms with Crippen LogP contribution in [0.25, 0.3) is 0 Å². The maximum absolute atomic E-state index is 11.7. The van der Waals surface area contributed by atoms with Crippen LogP contribution in [0.3, 0.4) is 0 Å². The van der Waals surface area contributed by atoms with Gasteiger partial charge in [0.25, 0.3) is 11.8 Å². The highest BCUT2D eigenvalue weighted by molar-refractivity contribution is 9.10. The van der Waals surface area contributed by atoms with Gasteiger partial charge in [-0.1, -0.05) is 17.7 Å². The number of hydrogen-bond acceptors (Lipinski definition) is 4. The zero-order chi connectivity index (χ0) is 19.1. The fourth-order valence-corrected chi connectivity index (χ4v) is 2.66. The van der Waals surface area contributed by atoms with Crippen molar-refractivity contribution in [1.82, 2.24) is 10.9 Å². The summed E-state index contributed by atoms with van der Waals surface area (Å²) in [5.74, 6) is 0.0649. The van der Waals surface area contributed by atoms with Gasteiger partial charge in [-0.25, -0.2) is 0 Å². The highest BCUT2D eigenvalue weighted by atomic mass is 79.9.